The fourth-order valence-corrected chi connectivity index (χ4v) is 4.45. The molecule has 1 aromatic heterocycles. The minimum Gasteiger partial charge on any atom is -0.486 e. The van der Waals surface area contributed by atoms with Gasteiger partial charge in [0.05, 0.1) is 6.54 Å². The molecule has 0 saturated heterocycles. The number of benzene rings is 2. The Morgan fingerprint density at radius 2 is 2.00 bits per heavy atom. The molecule has 1 N–H and O–H groups in total. The maximum atomic E-state index is 12.4. The van der Waals surface area contributed by atoms with E-state index in [2.05, 4.69) is 46.7 Å². The van der Waals surface area contributed by atoms with Crippen LogP contribution in [-0.4, -0.2) is 35.7 Å². The van der Waals surface area contributed by atoms with Gasteiger partial charge in [-0.2, -0.15) is 0 Å². The van der Waals surface area contributed by atoms with E-state index in [1.165, 1.54) is 22.5 Å². The lowest BCUT2D eigenvalue weighted by molar-refractivity contribution is 0.100. The fourth-order valence-electron chi connectivity index (χ4n) is 2.76. The van der Waals surface area contributed by atoms with Gasteiger partial charge in [0.15, 0.2) is 21.6 Å². The topological polar surface area (TPSA) is 73.3 Å². The van der Waals surface area contributed by atoms with Crippen LogP contribution in [0.1, 0.15) is 21.5 Å². The summed E-state index contributed by atoms with van der Waals surface area (Å²) in [5.74, 6) is 2.09. The van der Waals surface area contributed by atoms with Crippen LogP contribution in [0, 0.1) is 6.92 Å². The van der Waals surface area contributed by atoms with Crippen LogP contribution in [0.15, 0.2) is 46.8 Å². The Morgan fingerprint density at radius 1 is 1.14 bits per heavy atom. The van der Waals surface area contributed by atoms with Crippen LogP contribution in [0.3, 0.4) is 0 Å². The van der Waals surface area contributed by atoms with Gasteiger partial charge < -0.3 is 14.8 Å². The summed E-state index contributed by atoms with van der Waals surface area (Å²) >= 11 is 3.09. The van der Waals surface area contributed by atoms with Crippen molar-refractivity contribution >= 4 is 34.0 Å². The number of hydrogen-bond donors (Lipinski definition) is 1. The first-order valence-electron chi connectivity index (χ1n) is 8.86. The molecule has 144 valence electrons. The van der Waals surface area contributed by atoms with Gasteiger partial charge in [0, 0.05) is 11.3 Å². The molecule has 0 spiro atoms. The number of nitrogens with one attached hydrogen (secondary N) is 1. The Bertz CT molecular complexity index is 990. The number of carbonyl (C=O) groups is 1. The van der Waals surface area contributed by atoms with Crippen LogP contribution < -0.4 is 14.8 Å². The molecule has 0 fully saturated rings. The molecule has 0 aliphatic carbocycles. The van der Waals surface area contributed by atoms with E-state index in [1.807, 2.05) is 0 Å². The number of aryl methyl sites for hydroxylation is 1. The number of rotatable bonds is 7. The van der Waals surface area contributed by atoms with E-state index in [9.17, 15) is 4.79 Å². The maximum absolute atomic E-state index is 12.4. The van der Waals surface area contributed by atoms with Crippen molar-refractivity contribution in [3.63, 3.8) is 0 Å². The molecule has 0 amide bonds. The van der Waals surface area contributed by atoms with E-state index in [-0.39, 0.29) is 12.3 Å². The molecular formula is C20H19N3O3S2. The summed E-state index contributed by atoms with van der Waals surface area (Å²) in [6.45, 7) is 3.26. The lowest BCUT2D eigenvalue weighted by Crippen LogP contribution is -2.17. The number of hydrogen-bond acceptors (Lipinski definition) is 8. The Kier molecular flexibility index (Phi) is 5.78. The van der Waals surface area contributed by atoms with Crippen molar-refractivity contribution in [3.05, 3.63) is 59.2 Å². The predicted octanol–water partition coefficient (Wildman–Crippen LogP) is 4.20. The Morgan fingerprint density at radius 3 is 2.86 bits per heavy atom. The van der Waals surface area contributed by atoms with Crippen molar-refractivity contribution in [2.45, 2.75) is 17.0 Å². The Hall–Kier alpha value is -2.58. The number of anilines is 1. The van der Waals surface area contributed by atoms with E-state index < -0.39 is 0 Å². The summed E-state index contributed by atoms with van der Waals surface area (Å²) < 4.78 is 11.9. The zero-order chi connectivity index (χ0) is 19.3. The molecule has 6 nitrogen and oxygen atoms in total. The zero-order valence-electron chi connectivity index (χ0n) is 15.3. The van der Waals surface area contributed by atoms with E-state index in [0.29, 0.717) is 35.4 Å². The highest BCUT2D eigenvalue weighted by atomic mass is 32.2. The fraction of sp³-hybridized carbons (Fsp3) is 0.250. The minimum absolute atomic E-state index is 0.0406. The number of carbonyl (C=O) groups excluding carboxylic acids is 1. The number of aromatic nitrogens is 2. The summed E-state index contributed by atoms with van der Waals surface area (Å²) in [5.41, 5.74) is 3.08. The molecule has 0 bridgehead atoms. The third-order valence-electron chi connectivity index (χ3n) is 4.12. The van der Waals surface area contributed by atoms with Gasteiger partial charge in [-0.3, -0.25) is 4.79 Å². The molecule has 0 radical (unpaired) electrons. The number of thioether (sulfide) groups is 1. The first-order valence-corrected chi connectivity index (χ1v) is 10.7. The van der Waals surface area contributed by atoms with Gasteiger partial charge in [0.25, 0.3) is 0 Å². The molecule has 2 aromatic carbocycles. The summed E-state index contributed by atoms with van der Waals surface area (Å²) in [5, 5.41) is 12.0. The summed E-state index contributed by atoms with van der Waals surface area (Å²) in [6.07, 6.45) is 0. The average Bonchev–Trinajstić information content (AvgIpc) is 3.18. The van der Waals surface area contributed by atoms with E-state index in [1.54, 1.807) is 30.0 Å². The van der Waals surface area contributed by atoms with Crippen LogP contribution in [0.2, 0.25) is 0 Å². The molecule has 28 heavy (non-hydrogen) atoms. The monoisotopic (exact) mass is 413 g/mol. The van der Waals surface area contributed by atoms with Gasteiger partial charge in [-0.25, -0.2) is 0 Å². The largest absolute Gasteiger partial charge is 0.486 e. The highest BCUT2D eigenvalue weighted by Gasteiger charge is 2.15. The second-order valence-corrected chi connectivity index (χ2v) is 8.49. The highest BCUT2D eigenvalue weighted by molar-refractivity contribution is 8.00. The predicted molar refractivity (Wildman–Crippen MR) is 111 cm³/mol. The third kappa shape index (κ3) is 4.63. The van der Waals surface area contributed by atoms with Crippen LogP contribution in [0.5, 0.6) is 11.5 Å². The molecule has 1 aliphatic heterocycles. The molecule has 2 heterocycles. The van der Waals surface area contributed by atoms with Crippen LogP contribution in [0.25, 0.3) is 0 Å². The normalized spacial score (nSPS) is 12.6. The Balaban J connectivity index is 1.31. The minimum atomic E-state index is -0.0406. The van der Waals surface area contributed by atoms with Crippen molar-refractivity contribution in [2.24, 2.45) is 0 Å². The van der Waals surface area contributed by atoms with Gasteiger partial charge >= 0.3 is 0 Å². The number of nitrogens with zero attached hydrogens (tertiary/aromatic N) is 2. The van der Waals surface area contributed by atoms with E-state index >= 15 is 0 Å². The SMILES string of the molecule is Cc1cccc(CSc2nnc(NCC(=O)c3ccc4c(c3)OCCO4)s2)c1. The first kappa shape index (κ1) is 18.8. The Labute approximate surface area is 171 Å². The molecule has 1 aliphatic rings. The van der Waals surface area contributed by atoms with Gasteiger partial charge in [-0.1, -0.05) is 52.9 Å². The molecule has 0 saturated carbocycles. The highest BCUT2D eigenvalue weighted by Crippen LogP contribution is 2.31. The van der Waals surface area contributed by atoms with Gasteiger partial charge in [-0.15, -0.1) is 10.2 Å². The van der Waals surface area contributed by atoms with Crippen molar-refractivity contribution in [1.29, 1.82) is 0 Å². The molecule has 0 unspecified atom stereocenters. The summed E-state index contributed by atoms with van der Waals surface area (Å²) in [6, 6.07) is 13.7. The van der Waals surface area contributed by atoms with E-state index in [4.69, 9.17) is 9.47 Å². The molecule has 4 rings (SSSR count). The van der Waals surface area contributed by atoms with E-state index in [0.717, 1.165) is 10.1 Å². The second kappa shape index (κ2) is 8.62. The van der Waals surface area contributed by atoms with Crippen molar-refractivity contribution in [1.82, 2.24) is 10.2 Å². The van der Waals surface area contributed by atoms with Crippen molar-refractivity contribution < 1.29 is 14.3 Å². The molecule has 8 heteroatoms. The average molecular weight is 414 g/mol. The molecule has 0 atom stereocenters. The van der Waals surface area contributed by atoms with Gasteiger partial charge in [0.1, 0.15) is 13.2 Å². The smallest absolute Gasteiger partial charge is 0.206 e. The third-order valence-corrected chi connectivity index (χ3v) is 6.20. The van der Waals surface area contributed by atoms with Crippen LogP contribution >= 0.6 is 23.1 Å². The summed E-state index contributed by atoms with van der Waals surface area (Å²) in [7, 11) is 0. The van der Waals surface area contributed by atoms with Crippen molar-refractivity contribution in [2.75, 3.05) is 25.1 Å². The lowest BCUT2D eigenvalue weighted by atomic mass is 10.1. The molecule has 3 aromatic rings. The van der Waals surface area contributed by atoms with Crippen molar-refractivity contribution in [3.8, 4) is 11.5 Å². The standard InChI is InChI=1S/C20H19N3O3S2/c1-13-3-2-4-14(9-13)12-27-20-23-22-19(28-20)21-11-16(24)15-5-6-17-18(10-15)26-8-7-25-17/h2-6,9-10H,7-8,11-12H2,1H3,(H,21,22). The quantitative estimate of drug-likeness (QED) is 0.459. The lowest BCUT2D eigenvalue weighted by Gasteiger charge is -2.18. The number of Topliss-reactive ketones (excluding diaryl/α,β-unsaturated/α-hetero) is 1. The number of ketones is 1. The second-order valence-electron chi connectivity index (χ2n) is 6.29. The van der Waals surface area contributed by atoms with Crippen LogP contribution in [0.4, 0.5) is 5.13 Å². The maximum Gasteiger partial charge on any atom is 0.206 e. The van der Waals surface area contributed by atoms with Crippen LogP contribution in [-0.2, 0) is 5.75 Å². The zero-order valence-corrected chi connectivity index (χ0v) is 16.9. The first-order chi connectivity index (χ1) is 13.7. The number of fused-ring (bicyclic) bond motifs is 1. The number of ether oxygens (including phenoxy) is 2. The summed E-state index contributed by atoms with van der Waals surface area (Å²) in [4.78, 5) is 12.4. The van der Waals surface area contributed by atoms with Gasteiger partial charge in [-0.05, 0) is 30.7 Å². The van der Waals surface area contributed by atoms with Gasteiger partial charge in [0.2, 0.25) is 5.13 Å². The molecular weight excluding hydrogens is 394 g/mol.